The highest BCUT2D eigenvalue weighted by Gasteiger charge is 2.18. The van der Waals surface area contributed by atoms with Crippen molar-refractivity contribution in [2.24, 2.45) is 5.10 Å². The summed E-state index contributed by atoms with van der Waals surface area (Å²) in [5, 5.41) is 7.42. The molecule has 2 aromatic rings. The zero-order chi connectivity index (χ0) is 15.4. The maximum atomic E-state index is 5.92. The summed E-state index contributed by atoms with van der Waals surface area (Å²) in [6, 6.07) is 12.0. The van der Waals surface area contributed by atoms with Gasteiger partial charge in [0.15, 0.2) is 0 Å². The molecule has 1 fully saturated rings. The largest absolute Gasteiger partial charge is 0.460 e. The van der Waals surface area contributed by atoms with Gasteiger partial charge in [-0.2, -0.15) is 5.10 Å². The Bertz CT molecular complexity index is 628. The van der Waals surface area contributed by atoms with Gasteiger partial charge in [0, 0.05) is 10.6 Å². The Morgan fingerprint density at radius 1 is 1.18 bits per heavy atom. The molecule has 0 unspecified atom stereocenters. The quantitative estimate of drug-likeness (QED) is 0.875. The molecule has 0 saturated carbocycles. The fraction of sp³-hybridized carbons (Fsp3) is 0.353. The average molecular weight is 319 g/mol. The minimum Gasteiger partial charge on any atom is -0.460 e. The summed E-state index contributed by atoms with van der Waals surface area (Å²) in [6.07, 6.45) is 1.80. The molecule has 1 aromatic heterocycles. The third-order valence-corrected chi connectivity index (χ3v) is 4.18. The van der Waals surface area contributed by atoms with Crippen molar-refractivity contribution in [2.75, 3.05) is 26.2 Å². The molecule has 0 aliphatic carbocycles. The van der Waals surface area contributed by atoms with Crippen molar-refractivity contribution in [1.29, 1.82) is 0 Å². The van der Waals surface area contributed by atoms with Crippen molar-refractivity contribution in [3.05, 3.63) is 58.5 Å². The first-order valence-electron chi connectivity index (χ1n) is 7.62. The molecular weight excluding hydrogens is 298 g/mol. The molecule has 0 atom stereocenters. The molecule has 4 nitrogen and oxygen atoms in total. The van der Waals surface area contributed by atoms with E-state index in [1.807, 2.05) is 31.2 Å². The Morgan fingerprint density at radius 2 is 1.91 bits per heavy atom. The zero-order valence-corrected chi connectivity index (χ0v) is 13.5. The van der Waals surface area contributed by atoms with Crippen LogP contribution in [0.15, 0.2) is 45.9 Å². The van der Waals surface area contributed by atoms with E-state index in [1.54, 1.807) is 11.1 Å². The van der Waals surface area contributed by atoms with Crippen LogP contribution >= 0.6 is 11.6 Å². The van der Waals surface area contributed by atoms with Crippen LogP contribution in [0.3, 0.4) is 0 Å². The number of benzene rings is 1. The molecule has 1 aliphatic heterocycles. The number of furan rings is 1. The second-order valence-corrected chi connectivity index (χ2v) is 6.14. The lowest BCUT2D eigenvalue weighted by Crippen LogP contribution is -3.13. The van der Waals surface area contributed by atoms with E-state index in [9.17, 15) is 0 Å². The molecule has 1 N–H and O–H groups in total. The van der Waals surface area contributed by atoms with Gasteiger partial charge in [-0.15, -0.1) is 0 Å². The van der Waals surface area contributed by atoms with Crippen LogP contribution in [0.5, 0.6) is 0 Å². The molecule has 116 valence electrons. The van der Waals surface area contributed by atoms with Crippen LogP contribution in [0.2, 0.25) is 5.02 Å². The van der Waals surface area contributed by atoms with Crippen molar-refractivity contribution in [2.45, 2.75) is 13.5 Å². The summed E-state index contributed by atoms with van der Waals surface area (Å²) >= 11 is 5.92. The van der Waals surface area contributed by atoms with Crippen molar-refractivity contribution in [1.82, 2.24) is 5.01 Å². The summed E-state index contributed by atoms with van der Waals surface area (Å²) < 4.78 is 5.49. The lowest BCUT2D eigenvalue weighted by molar-refractivity contribution is -0.918. The van der Waals surface area contributed by atoms with E-state index in [2.05, 4.69) is 22.2 Å². The zero-order valence-electron chi connectivity index (χ0n) is 12.8. The fourth-order valence-corrected chi connectivity index (χ4v) is 2.78. The first-order chi connectivity index (χ1) is 10.7. The van der Waals surface area contributed by atoms with E-state index in [0.717, 1.165) is 49.3 Å². The van der Waals surface area contributed by atoms with Crippen molar-refractivity contribution >= 4 is 17.8 Å². The summed E-state index contributed by atoms with van der Waals surface area (Å²) in [6.45, 7) is 7.12. The maximum absolute atomic E-state index is 5.92. The number of nitrogens with zero attached hydrogens (tertiary/aromatic N) is 2. The number of nitrogens with one attached hydrogen (secondary N) is 1. The van der Waals surface area contributed by atoms with Crippen molar-refractivity contribution < 1.29 is 9.32 Å². The number of piperazine rings is 1. The third-order valence-electron chi connectivity index (χ3n) is 3.92. The number of aryl methyl sites for hydroxylation is 1. The van der Waals surface area contributed by atoms with E-state index in [0.29, 0.717) is 0 Å². The van der Waals surface area contributed by atoms with Gasteiger partial charge >= 0.3 is 0 Å². The standard InChI is InChI=1S/C17H20ClN3O/c1-14-2-7-17(22-14)12-19-21-10-8-20(9-11-21)13-15-3-5-16(18)6-4-15/h2-7,12H,8-11,13H2,1H3/p+1/b19-12-. The number of hydrazone groups is 1. The third kappa shape index (κ3) is 4.12. The molecule has 22 heavy (non-hydrogen) atoms. The first kappa shape index (κ1) is 15.1. The second-order valence-electron chi connectivity index (χ2n) is 5.70. The highest BCUT2D eigenvalue weighted by Crippen LogP contribution is 2.08. The molecule has 0 bridgehead atoms. The van der Waals surface area contributed by atoms with E-state index in [1.165, 1.54) is 5.56 Å². The van der Waals surface area contributed by atoms with E-state index >= 15 is 0 Å². The molecule has 3 rings (SSSR count). The van der Waals surface area contributed by atoms with Gasteiger partial charge in [0.05, 0.1) is 32.4 Å². The highest BCUT2D eigenvalue weighted by atomic mass is 35.5. The molecule has 0 spiro atoms. The Labute approximate surface area is 136 Å². The lowest BCUT2D eigenvalue weighted by Gasteiger charge is -2.30. The average Bonchev–Trinajstić information content (AvgIpc) is 2.94. The topological polar surface area (TPSA) is 33.2 Å². The summed E-state index contributed by atoms with van der Waals surface area (Å²) in [7, 11) is 0. The predicted octanol–water partition coefficient (Wildman–Crippen LogP) is 1.98. The van der Waals surface area contributed by atoms with Gasteiger partial charge in [-0.05, 0) is 31.2 Å². The minimum absolute atomic E-state index is 0.797. The van der Waals surface area contributed by atoms with Crippen LogP contribution < -0.4 is 4.90 Å². The fourth-order valence-electron chi connectivity index (χ4n) is 2.66. The van der Waals surface area contributed by atoms with Gasteiger partial charge in [0.2, 0.25) is 0 Å². The van der Waals surface area contributed by atoms with E-state index < -0.39 is 0 Å². The maximum Gasteiger partial charge on any atom is 0.147 e. The number of hydrogen-bond donors (Lipinski definition) is 1. The number of halogens is 1. The molecule has 0 radical (unpaired) electrons. The van der Waals surface area contributed by atoms with Crippen molar-refractivity contribution in [3.8, 4) is 0 Å². The Balaban J connectivity index is 1.48. The van der Waals surface area contributed by atoms with Gasteiger partial charge in [0.25, 0.3) is 0 Å². The van der Waals surface area contributed by atoms with E-state index in [-0.39, 0.29) is 0 Å². The Hall–Kier alpha value is -1.78. The Morgan fingerprint density at radius 3 is 2.55 bits per heavy atom. The number of hydrogen-bond acceptors (Lipinski definition) is 3. The molecule has 0 amide bonds. The molecule has 1 aromatic carbocycles. The molecule has 1 aliphatic rings. The monoisotopic (exact) mass is 318 g/mol. The van der Waals surface area contributed by atoms with Crippen LogP contribution in [0, 0.1) is 6.92 Å². The van der Waals surface area contributed by atoms with Gasteiger partial charge in [-0.1, -0.05) is 23.7 Å². The van der Waals surface area contributed by atoms with Crippen LogP contribution in [0.4, 0.5) is 0 Å². The van der Waals surface area contributed by atoms with Crippen molar-refractivity contribution in [3.63, 3.8) is 0 Å². The summed E-state index contributed by atoms with van der Waals surface area (Å²) in [5.74, 6) is 1.73. The molecule has 2 heterocycles. The second kappa shape index (κ2) is 6.99. The van der Waals surface area contributed by atoms with Crippen LogP contribution in [-0.2, 0) is 6.54 Å². The van der Waals surface area contributed by atoms with Crippen LogP contribution in [0.25, 0.3) is 0 Å². The summed E-state index contributed by atoms with van der Waals surface area (Å²) in [5.41, 5.74) is 1.34. The van der Waals surface area contributed by atoms with E-state index in [4.69, 9.17) is 16.0 Å². The van der Waals surface area contributed by atoms with Gasteiger partial charge in [-0.3, -0.25) is 5.01 Å². The predicted molar refractivity (Wildman–Crippen MR) is 88.5 cm³/mol. The molecule has 1 saturated heterocycles. The molecule has 5 heteroatoms. The van der Waals surface area contributed by atoms with Crippen LogP contribution in [-0.4, -0.2) is 37.4 Å². The summed E-state index contributed by atoms with van der Waals surface area (Å²) in [4.78, 5) is 1.59. The normalized spacial score (nSPS) is 16.5. The molecular formula is C17H21ClN3O+. The first-order valence-corrected chi connectivity index (χ1v) is 8.00. The number of quaternary nitrogens is 1. The number of rotatable bonds is 4. The Kier molecular flexibility index (Phi) is 4.80. The van der Waals surface area contributed by atoms with Gasteiger partial charge in [-0.25, -0.2) is 0 Å². The van der Waals surface area contributed by atoms with Crippen LogP contribution in [0.1, 0.15) is 17.1 Å². The SMILES string of the molecule is Cc1ccc(/C=N\N2CC[NH+](Cc3ccc(Cl)cc3)CC2)o1. The lowest BCUT2D eigenvalue weighted by atomic mass is 10.2. The van der Waals surface area contributed by atoms with Gasteiger partial charge in [0.1, 0.15) is 18.1 Å². The smallest absolute Gasteiger partial charge is 0.147 e. The minimum atomic E-state index is 0.797. The van der Waals surface area contributed by atoms with Gasteiger partial charge < -0.3 is 9.32 Å². The highest BCUT2D eigenvalue weighted by molar-refractivity contribution is 6.30.